The smallest absolute Gasteiger partial charge is 0.245 e. The van der Waals surface area contributed by atoms with E-state index in [0.29, 0.717) is 16.5 Å². The maximum atomic E-state index is 12.4. The van der Waals surface area contributed by atoms with Crippen LogP contribution in [0.15, 0.2) is 42.5 Å². The molecule has 1 amide bonds. The van der Waals surface area contributed by atoms with E-state index in [1.54, 1.807) is 24.3 Å². The first kappa shape index (κ1) is 19.4. The van der Waals surface area contributed by atoms with Gasteiger partial charge in [0.05, 0.1) is 29.8 Å². The Hall–Kier alpha value is -1.96. The van der Waals surface area contributed by atoms with Gasteiger partial charge in [0.15, 0.2) is 0 Å². The third-order valence-corrected chi connectivity index (χ3v) is 4.93. The molecule has 0 radical (unpaired) electrons. The highest BCUT2D eigenvalue weighted by Crippen LogP contribution is 2.31. The maximum Gasteiger partial charge on any atom is 0.245 e. The number of halogens is 2. The zero-order valence-corrected chi connectivity index (χ0v) is 15.8. The largest absolute Gasteiger partial charge is 0.495 e. The zero-order chi connectivity index (χ0) is 18.6. The van der Waals surface area contributed by atoms with Crippen LogP contribution >= 0.6 is 23.2 Å². The Morgan fingerprint density at radius 1 is 1.20 bits per heavy atom. The number of ether oxygens (including phenoxy) is 1. The van der Waals surface area contributed by atoms with Crippen molar-refractivity contribution in [3.63, 3.8) is 0 Å². The second-order valence-corrected chi connectivity index (χ2v) is 7.86. The first-order valence-corrected chi connectivity index (χ1v) is 9.68. The van der Waals surface area contributed by atoms with Crippen molar-refractivity contribution in [2.24, 2.45) is 0 Å². The van der Waals surface area contributed by atoms with Crippen molar-refractivity contribution in [1.82, 2.24) is 0 Å². The van der Waals surface area contributed by atoms with Crippen LogP contribution in [0.4, 0.5) is 11.4 Å². The van der Waals surface area contributed by atoms with Crippen LogP contribution < -0.4 is 14.4 Å². The molecule has 0 aliphatic rings. The van der Waals surface area contributed by atoms with Gasteiger partial charge in [-0.25, -0.2) is 8.42 Å². The maximum absolute atomic E-state index is 12.4. The van der Waals surface area contributed by atoms with E-state index in [1.165, 1.54) is 25.3 Å². The van der Waals surface area contributed by atoms with Gasteiger partial charge >= 0.3 is 0 Å². The minimum atomic E-state index is -3.76. The third-order valence-electron chi connectivity index (χ3n) is 3.25. The number of methoxy groups -OCH3 is 1. The number of carbonyl (C=O) groups is 1. The minimum Gasteiger partial charge on any atom is -0.495 e. The molecule has 2 aromatic carbocycles. The predicted molar refractivity (Wildman–Crippen MR) is 100 cm³/mol. The lowest BCUT2D eigenvalue weighted by atomic mass is 10.3. The fourth-order valence-electron chi connectivity index (χ4n) is 2.13. The Labute approximate surface area is 156 Å². The van der Waals surface area contributed by atoms with Gasteiger partial charge < -0.3 is 10.1 Å². The first-order valence-electron chi connectivity index (χ1n) is 7.08. The van der Waals surface area contributed by atoms with Crippen molar-refractivity contribution in [2.75, 3.05) is 29.5 Å². The number of nitrogens with one attached hydrogen (secondary N) is 1. The number of hydrogen-bond donors (Lipinski definition) is 1. The van der Waals surface area contributed by atoms with Gasteiger partial charge in [-0.15, -0.1) is 0 Å². The summed E-state index contributed by atoms with van der Waals surface area (Å²) in [5.74, 6) is -0.0893. The number of anilines is 2. The highest BCUT2D eigenvalue weighted by Gasteiger charge is 2.23. The van der Waals surface area contributed by atoms with Gasteiger partial charge in [0, 0.05) is 5.02 Å². The summed E-state index contributed by atoms with van der Waals surface area (Å²) < 4.78 is 30.3. The van der Waals surface area contributed by atoms with Crippen LogP contribution in [0.5, 0.6) is 5.75 Å². The Morgan fingerprint density at radius 3 is 2.52 bits per heavy atom. The summed E-state index contributed by atoms with van der Waals surface area (Å²) in [5, 5.41) is 3.09. The van der Waals surface area contributed by atoms with Crippen LogP contribution in [0.1, 0.15) is 0 Å². The van der Waals surface area contributed by atoms with E-state index in [1.807, 2.05) is 0 Å². The van der Waals surface area contributed by atoms with Crippen molar-refractivity contribution in [3.05, 3.63) is 52.5 Å². The first-order chi connectivity index (χ1) is 11.7. The molecule has 2 rings (SSSR count). The molecule has 0 saturated heterocycles. The van der Waals surface area contributed by atoms with Gasteiger partial charge in [0.2, 0.25) is 15.9 Å². The molecule has 25 heavy (non-hydrogen) atoms. The second kappa shape index (κ2) is 7.95. The number of carbonyl (C=O) groups excluding carboxylic acids is 1. The topological polar surface area (TPSA) is 75.7 Å². The molecule has 0 bridgehead atoms. The minimum absolute atomic E-state index is 0.131. The standard InChI is InChI=1S/C16H16Cl2N2O4S/c1-24-15-6-4-3-5-13(15)19-16(21)10-20(25(2,22)23)14-9-11(17)7-8-12(14)18/h3-9H,10H2,1-2H3,(H,19,21). The van der Waals surface area contributed by atoms with E-state index in [-0.39, 0.29) is 10.7 Å². The number of rotatable bonds is 6. The number of para-hydroxylation sites is 2. The van der Waals surface area contributed by atoms with Crippen LogP contribution in [-0.4, -0.2) is 34.2 Å². The van der Waals surface area contributed by atoms with E-state index in [0.717, 1.165) is 10.6 Å². The molecule has 134 valence electrons. The molecule has 0 aromatic heterocycles. The van der Waals surface area contributed by atoms with Gasteiger partial charge in [0.25, 0.3) is 0 Å². The highest BCUT2D eigenvalue weighted by atomic mass is 35.5. The number of hydrogen-bond acceptors (Lipinski definition) is 4. The summed E-state index contributed by atoms with van der Waals surface area (Å²) in [5.41, 5.74) is 0.562. The molecule has 0 saturated carbocycles. The van der Waals surface area contributed by atoms with E-state index < -0.39 is 22.5 Å². The summed E-state index contributed by atoms with van der Waals surface area (Å²) in [7, 11) is -2.29. The van der Waals surface area contributed by atoms with Crippen LogP contribution in [0, 0.1) is 0 Å². The van der Waals surface area contributed by atoms with E-state index in [4.69, 9.17) is 27.9 Å². The molecule has 2 aromatic rings. The van der Waals surface area contributed by atoms with Crippen LogP contribution in [0.25, 0.3) is 0 Å². The van der Waals surface area contributed by atoms with Crippen molar-refractivity contribution >= 4 is 50.5 Å². The molecule has 0 aliphatic heterocycles. The number of benzene rings is 2. The van der Waals surface area contributed by atoms with Gasteiger partial charge in [-0.3, -0.25) is 9.10 Å². The highest BCUT2D eigenvalue weighted by molar-refractivity contribution is 7.92. The van der Waals surface area contributed by atoms with Crippen LogP contribution in [-0.2, 0) is 14.8 Å². The fraction of sp³-hybridized carbons (Fsp3) is 0.188. The molecule has 9 heteroatoms. The zero-order valence-electron chi connectivity index (χ0n) is 13.5. The summed E-state index contributed by atoms with van der Waals surface area (Å²) in [4.78, 5) is 12.4. The Morgan fingerprint density at radius 2 is 1.88 bits per heavy atom. The predicted octanol–water partition coefficient (Wildman–Crippen LogP) is 3.41. The lowest BCUT2D eigenvalue weighted by Gasteiger charge is -2.23. The van der Waals surface area contributed by atoms with E-state index >= 15 is 0 Å². The molecule has 0 spiro atoms. The fourth-order valence-corrected chi connectivity index (χ4v) is 3.42. The van der Waals surface area contributed by atoms with Crippen LogP contribution in [0.3, 0.4) is 0 Å². The Bertz CT molecular complexity index is 887. The summed E-state index contributed by atoms with van der Waals surface area (Å²) in [6.45, 7) is -0.461. The van der Waals surface area contributed by atoms with E-state index in [9.17, 15) is 13.2 Å². The van der Waals surface area contributed by atoms with Crippen molar-refractivity contribution in [3.8, 4) is 5.75 Å². The van der Waals surface area contributed by atoms with Crippen LogP contribution in [0.2, 0.25) is 10.0 Å². The molecule has 0 atom stereocenters. The molecule has 0 unspecified atom stereocenters. The quantitative estimate of drug-likeness (QED) is 0.802. The number of nitrogens with zero attached hydrogens (tertiary/aromatic N) is 1. The molecular weight excluding hydrogens is 387 g/mol. The second-order valence-electron chi connectivity index (χ2n) is 5.11. The van der Waals surface area contributed by atoms with Crippen molar-refractivity contribution in [2.45, 2.75) is 0 Å². The average molecular weight is 403 g/mol. The molecular formula is C16H16Cl2N2O4S. The molecule has 0 aliphatic carbocycles. The summed E-state index contributed by atoms with van der Waals surface area (Å²) in [6.07, 6.45) is 0.987. The normalized spacial score (nSPS) is 11.0. The molecule has 0 fully saturated rings. The third kappa shape index (κ3) is 5.01. The van der Waals surface area contributed by atoms with Gasteiger partial charge in [-0.2, -0.15) is 0 Å². The van der Waals surface area contributed by atoms with Gasteiger partial charge in [-0.05, 0) is 30.3 Å². The summed E-state index contributed by atoms with van der Waals surface area (Å²) >= 11 is 12.0. The van der Waals surface area contributed by atoms with Gasteiger partial charge in [-0.1, -0.05) is 35.3 Å². The lowest BCUT2D eigenvalue weighted by Crippen LogP contribution is -2.37. The van der Waals surface area contributed by atoms with Crippen molar-refractivity contribution < 1.29 is 17.9 Å². The SMILES string of the molecule is COc1ccccc1NC(=O)CN(c1cc(Cl)ccc1Cl)S(C)(=O)=O. The Kier molecular flexibility index (Phi) is 6.16. The number of sulfonamides is 1. The molecule has 1 N–H and O–H groups in total. The summed E-state index contributed by atoms with van der Waals surface area (Å²) in [6, 6.07) is 11.2. The van der Waals surface area contributed by atoms with Gasteiger partial charge in [0.1, 0.15) is 12.3 Å². The molecule has 6 nitrogen and oxygen atoms in total. The van der Waals surface area contributed by atoms with Crippen molar-refractivity contribution in [1.29, 1.82) is 0 Å². The lowest BCUT2D eigenvalue weighted by molar-refractivity contribution is -0.114. The van der Waals surface area contributed by atoms with E-state index in [2.05, 4.69) is 5.32 Å². The average Bonchev–Trinajstić information content (AvgIpc) is 2.54. The molecule has 0 heterocycles. The monoisotopic (exact) mass is 402 g/mol. The number of amides is 1. The Balaban J connectivity index is 2.29.